The minimum absolute atomic E-state index is 0. The molecular formula is C40H58N6O6S5. The van der Waals surface area contributed by atoms with Crippen LogP contribution in [-0.2, 0) is 48.0 Å². The third kappa shape index (κ3) is 10.5. The molecule has 6 heterocycles. The van der Waals surface area contributed by atoms with Gasteiger partial charge in [0.25, 0.3) is 5.91 Å². The monoisotopic (exact) mass is 878 g/mol. The van der Waals surface area contributed by atoms with E-state index in [0.717, 1.165) is 62.6 Å². The van der Waals surface area contributed by atoms with Gasteiger partial charge in [0.05, 0.1) is 47.3 Å². The Morgan fingerprint density at radius 3 is 2.65 bits per heavy atom. The number of cyclic esters (lactones) is 1. The smallest absolute Gasteiger partial charge is 0.324 e. The maximum Gasteiger partial charge on any atom is 0.324 e. The maximum absolute atomic E-state index is 14.1. The maximum atomic E-state index is 14.1. The van der Waals surface area contributed by atoms with Gasteiger partial charge in [0.15, 0.2) is 0 Å². The first kappa shape index (κ1) is 48.6. The Morgan fingerprint density at radius 2 is 1.93 bits per heavy atom. The number of hydrogen-bond acceptors (Lipinski definition) is 10. The highest BCUT2D eigenvalue weighted by Gasteiger charge is 2.36. The van der Waals surface area contributed by atoms with Crippen LogP contribution < -0.4 is 10.7 Å². The minimum Gasteiger partial charge on any atom is -0.464 e. The van der Waals surface area contributed by atoms with Crippen LogP contribution in [0.3, 0.4) is 0 Å². The second kappa shape index (κ2) is 21.0. The third-order valence-electron chi connectivity index (χ3n) is 10.7. The average Bonchev–Trinajstić information content (AvgIpc) is 3.77. The molecule has 2 amide bonds. The summed E-state index contributed by atoms with van der Waals surface area (Å²) < 4.78 is 19.8. The number of carbonyl (C=O) groups excluding carboxylic acids is 3. The number of pyridine rings is 1. The molecule has 3 aromatic heterocycles. The van der Waals surface area contributed by atoms with E-state index >= 15 is 0 Å². The van der Waals surface area contributed by atoms with Gasteiger partial charge >= 0.3 is 5.97 Å². The van der Waals surface area contributed by atoms with E-state index in [-0.39, 0.29) is 90.8 Å². The highest BCUT2D eigenvalue weighted by Crippen LogP contribution is 2.42. The molecule has 6 bridgehead atoms. The number of esters is 1. The lowest BCUT2D eigenvalue weighted by Crippen LogP contribution is -2.61. The topological polar surface area (TPSA) is 137 Å². The summed E-state index contributed by atoms with van der Waals surface area (Å²) in [5, 5.41) is 8.35. The molecule has 314 valence electrons. The van der Waals surface area contributed by atoms with Gasteiger partial charge in [0.1, 0.15) is 12.1 Å². The van der Waals surface area contributed by atoms with E-state index in [2.05, 4.69) is 60.3 Å². The molecule has 0 saturated carbocycles. The quantitative estimate of drug-likeness (QED) is 0.221. The molecule has 3 aliphatic rings. The third-order valence-corrected chi connectivity index (χ3v) is 11.6. The standard InChI is InChI=1S/C40H50N6O6S.4H2S/c1-6-45-33-14-13-25-18-28(33)29(36(45)27-11-7-15-41-35(27)24(2)50-5)20-40(3,4)23-52-39(49)30-12-8-16-46(44-30)38(48)31(19-34-42-32(25)22-53-34)43-37(47)26-10-9-17-51-21-26;;;;/h7,11,13-15,18,22,24,26,30-31,44H,6,8-10,12,16-17,19-21,23H2,1-5H3,(H,43,47);4*1H2/t24-,26+,30-,31-;;;;/m0..../s1. The first-order chi connectivity index (χ1) is 25.6. The molecule has 2 fully saturated rings. The van der Waals surface area contributed by atoms with Crippen molar-refractivity contribution in [2.45, 2.75) is 91.0 Å². The predicted molar refractivity (Wildman–Crippen MR) is 244 cm³/mol. The van der Waals surface area contributed by atoms with E-state index < -0.39 is 23.5 Å². The van der Waals surface area contributed by atoms with E-state index in [1.165, 1.54) is 16.3 Å². The summed E-state index contributed by atoms with van der Waals surface area (Å²) in [6.45, 7) is 10.7. The number of hydrogen-bond donors (Lipinski definition) is 2. The Morgan fingerprint density at radius 1 is 1.14 bits per heavy atom. The molecule has 12 nitrogen and oxygen atoms in total. The van der Waals surface area contributed by atoms with Gasteiger partial charge in [-0.05, 0) is 75.8 Å². The van der Waals surface area contributed by atoms with Crippen molar-refractivity contribution in [3.05, 3.63) is 58.2 Å². The second-order valence-corrected chi connectivity index (χ2v) is 16.1. The number of nitrogens with one attached hydrogen (secondary N) is 2. The molecule has 4 aromatic rings. The van der Waals surface area contributed by atoms with Gasteiger partial charge in [-0.15, -0.1) is 11.3 Å². The Bertz CT molecular complexity index is 2000. The van der Waals surface area contributed by atoms with Crippen molar-refractivity contribution in [3.8, 4) is 22.5 Å². The molecule has 2 saturated heterocycles. The van der Waals surface area contributed by atoms with Crippen molar-refractivity contribution in [1.29, 1.82) is 0 Å². The lowest BCUT2D eigenvalue weighted by atomic mass is 9.84. The Balaban J connectivity index is 0.00000218. The van der Waals surface area contributed by atoms with Crippen LogP contribution in [-0.4, -0.2) is 82.9 Å². The van der Waals surface area contributed by atoms with Crippen LogP contribution in [0.4, 0.5) is 0 Å². The van der Waals surface area contributed by atoms with Gasteiger partial charge in [-0.1, -0.05) is 19.9 Å². The Kier molecular flexibility index (Phi) is 17.9. The lowest BCUT2D eigenvalue weighted by Gasteiger charge is -2.36. The molecule has 0 aliphatic carbocycles. The van der Waals surface area contributed by atoms with Crippen molar-refractivity contribution >= 4 is 94.0 Å². The summed E-state index contributed by atoms with van der Waals surface area (Å²) in [6.07, 6.45) is 5.08. The summed E-state index contributed by atoms with van der Waals surface area (Å²) in [6, 6.07) is 8.96. The fourth-order valence-electron chi connectivity index (χ4n) is 7.80. The number of thiazole rings is 1. The van der Waals surface area contributed by atoms with E-state index in [1.807, 2.05) is 18.4 Å². The van der Waals surface area contributed by atoms with Crippen LogP contribution in [0.15, 0.2) is 41.9 Å². The number of aryl methyl sites for hydroxylation is 1. The summed E-state index contributed by atoms with van der Waals surface area (Å²) in [7, 11) is 1.70. The zero-order valence-corrected chi connectivity index (χ0v) is 38.1. The zero-order valence-electron chi connectivity index (χ0n) is 33.3. The normalized spacial score (nSPS) is 21.4. The van der Waals surface area contributed by atoms with Crippen molar-refractivity contribution in [2.75, 3.05) is 33.5 Å². The fraction of sp³-hybridized carbons (Fsp3) is 0.525. The van der Waals surface area contributed by atoms with Crippen molar-refractivity contribution in [1.82, 2.24) is 30.3 Å². The summed E-state index contributed by atoms with van der Waals surface area (Å²) >= 11 is 1.47. The van der Waals surface area contributed by atoms with Gasteiger partial charge < -0.3 is 24.1 Å². The first-order valence-corrected chi connectivity index (χ1v) is 19.6. The van der Waals surface area contributed by atoms with Crippen molar-refractivity contribution < 1.29 is 28.6 Å². The number of rotatable bonds is 6. The van der Waals surface area contributed by atoms with Gasteiger partial charge in [-0.25, -0.2) is 10.4 Å². The lowest BCUT2D eigenvalue weighted by molar-refractivity contribution is -0.155. The molecule has 1 aromatic carbocycles. The second-order valence-electron chi connectivity index (χ2n) is 15.2. The van der Waals surface area contributed by atoms with Crippen LogP contribution in [0.5, 0.6) is 0 Å². The van der Waals surface area contributed by atoms with Crippen LogP contribution in [0.2, 0.25) is 0 Å². The number of ether oxygens (including phenoxy) is 3. The highest BCUT2D eigenvalue weighted by atomic mass is 32.1. The first-order valence-electron chi connectivity index (χ1n) is 18.8. The highest BCUT2D eigenvalue weighted by molar-refractivity contribution is 7.59. The summed E-state index contributed by atoms with van der Waals surface area (Å²) in [5.41, 5.74) is 9.62. The largest absolute Gasteiger partial charge is 0.464 e. The number of carbonyl (C=O) groups is 3. The number of amides is 2. The predicted octanol–water partition coefficient (Wildman–Crippen LogP) is 6.08. The Hall–Kier alpha value is -2.77. The van der Waals surface area contributed by atoms with E-state index in [1.54, 1.807) is 13.3 Å². The van der Waals surface area contributed by atoms with Gasteiger partial charge in [-0.2, -0.15) is 54.0 Å². The molecule has 0 unspecified atom stereocenters. The van der Waals surface area contributed by atoms with Gasteiger partial charge in [-0.3, -0.25) is 24.4 Å². The van der Waals surface area contributed by atoms with Crippen LogP contribution in [0.25, 0.3) is 33.4 Å². The van der Waals surface area contributed by atoms with Crippen LogP contribution in [0, 0.1) is 11.3 Å². The van der Waals surface area contributed by atoms with Crippen LogP contribution >= 0.6 is 65.3 Å². The van der Waals surface area contributed by atoms with Gasteiger partial charge in [0.2, 0.25) is 5.91 Å². The number of fused-ring (bicyclic) bond motifs is 6. The molecule has 0 radical (unpaired) electrons. The molecule has 7 rings (SSSR count). The molecule has 4 atom stereocenters. The zero-order chi connectivity index (χ0) is 37.3. The Labute approximate surface area is 367 Å². The number of aromatic nitrogens is 3. The van der Waals surface area contributed by atoms with Crippen molar-refractivity contribution in [3.63, 3.8) is 0 Å². The number of nitrogens with zero attached hydrogens (tertiary/aromatic N) is 4. The summed E-state index contributed by atoms with van der Waals surface area (Å²) in [4.78, 5) is 51.0. The van der Waals surface area contributed by atoms with E-state index in [9.17, 15) is 14.4 Å². The molecule has 17 heteroatoms. The SMILES string of the molecule is CCn1c(-c2cccnc2[C@H](C)OC)c2c3cc(ccc31)-c1csc(n1)C[C@H](NC(=O)[C@@H]1CCCOC1)C(=O)N1CCC[C@H](N1)C(=O)OCC(C)(C)C2.S.S.S.S. The van der Waals surface area contributed by atoms with Crippen molar-refractivity contribution in [2.24, 2.45) is 11.3 Å². The molecule has 3 aliphatic heterocycles. The molecule has 57 heavy (non-hydrogen) atoms. The van der Waals surface area contributed by atoms with Gasteiger partial charge in [0, 0.05) is 72.2 Å². The van der Waals surface area contributed by atoms with E-state index in [4.69, 9.17) is 24.2 Å². The fourth-order valence-corrected chi connectivity index (χ4v) is 8.65. The summed E-state index contributed by atoms with van der Waals surface area (Å²) in [5.74, 6) is -1.23. The molecular weight excluding hydrogens is 821 g/mol. The molecule has 0 spiro atoms. The average molecular weight is 879 g/mol. The van der Waals surface area contributed by atoms with Crippen LogP contribution in [0.1, 0.15) is 75.7 Å². The molecule has 2 N–H and O–H groups in total. The number of benzene rings is 1. The van der Waals surface area contributed by atoms with E-state index in [0.29, 0.717) is 45.4 Å². The number of methoxy groups -OCH3 is 1. The number of hydrazine groups is 1. The minimum atomic E-state index is -0.873.